The van der Waals surface area contributed by atoms with Crippen LogP contribution in [-0.2, 0) is 0 Å². The minimum Gasteiger partial charge on any atom is -0.324 e. The van der Waals surface area contributed by atoms with Crippen LogP contribution >= 0.6 is 15.9 Å². The summed E-state index contributed by atoms with van der Waals surface area (Å²) in [6.07, 6.45) is 2.06. The zero-order chi connectivity index (χ0) is 15.2. The van der Waals surface area contributed by atoms with Crippen molar-refractivity contribution in [2.75, 3.05) is 25.0 Å². The number of anilines is 1. The highest BCUT2D eigenvalue weighted by Crippen LogP contribution is 2.16. The Balaban J connectivity index is 1.76. The average Bonchev–Trinajstić information content (AvgIpc) is 2.48. The number of likely N-dealkylation sites (tertiary alicyclic amines) is 1. The van der Waals surface area contributed by atoms with E-state index in [0.717, 1.165) is 42.6 Å². The van der Waals surface area contributed by atoms with E-state index in [0.29, 0.717) is 12.0 Å². The summed E-state index contributed by atoms with van der Waals surface area (Å²) in [5.41, 5.74) is 0.836. The molecule has 0 spiro atoms. The molecule has 1 aliphatic rings. The van der Waals surface area contributed by atoms with Gasteiger partial charge in [-0.25, -0.2) is 4.79 Å². The fourth-order valence-electron chi connectivity index (χ4n) is 2.42. The van der Waals surface area contributed by atoms with E-state index in [2.05, 4.69) is 40.4 Å². The number of piperidine rings is 1. The van der Waals surface area contributed by atoms with E-state index in [1.54, 1.807) is 0 Å². The molecule has 1 fully saturated rings. The molecule has 2 amide bonds. The molecular weight excluding hydrogens is 330 g/mol. The number of benzene rings is 1. The van der Waals surface area contributed by atoms with Gasteiger partial charge in [-0.3, -0.25) is 0 Å². The summed E-state index contributed by atoms with van der Waals surface area (Å²) < 4.78 is 1.01. The molecule has 0 unspecified atom stereocenters. The lowest BCUT2D eigenvalue weighted by atomic mass is 10.0. The summed E-state index contributed by atoms with van der Waals surface area (Å²) in [5.74, 6) is 0.670. The summed E-state index contributed by atoms with van der Waals surface area (Å²) in [7, 11) is 0. The Morgan fingerprint density at radius 1 is 1.29 bits per heavy atom. The van der Waals surface area contributed by atoms with Crippen LogP contribution in [0, 0.1) is 5.92 Å². The van der Waals surface area contributed by atoms with Gasteiger partial charge in [0.05, 0.1) is 0 Å². The number of nitrogens with zero attached hydrogens (tertiary/aromatic N) is 1. The van der Waals surface area contributed by atoms with Crippen molar-refractivity contribution in [1.29, 1.82) is 0 Å². The first-order chi connectivity index (χ1) is 10.0. The van der Waals surface area contributed by atoms with E-state index >= 15 is 0 Å². The molecule has 5 heteroatoms. The first kappa shape index (κ1) is 16.3. The first-order valence-corrected chi connectivity index (χ1v) is 8.39. The van der Waals surface area contributed by atoms with Crippen LogP contribution < -0.4 is 10.6 Å². The van der Waals surface area contributed by atoms with Gasteiger partial charge in [-0.05, 0) is 49.6 Å². The molecule has 2 rings (SSSR count). The van der Waals surface area contributed by atoms with Crippen molar-refractivity contribution in [2.24, 2.45) is 5.92 Å². The van der Waals surface area contributed by atoms with Crippen molar-refractivity contribution >= 4 is 27.6 Å². The topological polar surface area (TPSA) is 44.4 Å². The van der Waals surface area contributed by atoms with Gasteiger partial charge in [0.1, 0.15) is 0 Å². The maximum Gasteiger partial charge on any atom is 0.321 e. The third-order valence-electron chi connectivity index (χ3n) is 3.69. The van der Waals surface area contributed by atoms with Crippen molar-refractivity contribution in [3.05, 3.63) is 28.7 Å². The maximum absolute atomic E-state index is 12.2. The Hall–Kier alpha value is -1.07. The van der Waals surface area contributed by atoms with Gasteiger partial charge in [-0.2, -0.15) is 0 Å². The van der Waals surface area contributed by atoms with Crippen LogP contribution in [0.4, 0.5) is 10.5 Å². The highest BCUT2D eigenvalue weighted by molar-refractivity contribution is 9.10. The fraction of sp³-hybridized carbons (Fsp3) is 0.562. The second-order valence-electron chi connectivity index (χ2n) is 6.00. The Kier molecular flexibility index (Phi) is 6.06. The Morgan fingerprint density at radius 2 is 1.90 bits per heavy atom. The first-order valence-electron chi connectivity index (χ1n) is 7.59. The van der Waals surface area contributed by atoms with Crippen LogP contribution in [0.5, 0.6) is 0 Å². The predicted octanol–water partition coefficient (Wildman–Crippen LogP) is 3.69. The molecule has 21 heavy (non-hydrogen) atoms. The van der Waals surface area contributed by atoms with Crippen molar-refractivity contribution in [3.63, 3.8) is 0 Å². The number of halogens is 1. The van der Waals surface area contributed by atoms with Crippen LogP contribution in [0.3, 0.4) is 0 Å². The molecule has 1 aromatic carbocycles. The monoisotopic (exact) mass is 353 g/mol. The molecule has 0 atom stereocenters. The molecule has 0 saturated carbocycles. The van der Waals surface area contributed by atoms with Crippen molar-refractivity contribution < 1.29 is 4.79 Å². The average molecular weight is 354 g/mol. The number of carbonyl (C=O) groups excluding carboxylic acids is 1. The Bertz CT molecular complexity index is 453. The van der Waals surface area contributed by atoms with E-state index < -0.39 is 0 Å². The van der Waals surface area contributed by atoms with E-state index in [-0.39, 0.29) is 6.03 Å². The molecule has 116 valence electrons. The number of urea groups is 1. The van der Waals surface area contributed by atoms with Gasteiger partial charge >= 0.3 is 6.03 Å². The third kappa shape index (κ3) is 5.32. The van der Waals surface area contributed by atoms with Crippen molar-refractivity contribution in [3.8, 4) is 0 Å². The second kappa shape index (κ2) is 7.80. The van der Waals surface area contributed by atoms with Crippen LogP contribution in [0.1, 0.15) is 26.7 Å². The molecule has 4 nitrogen and oxygen atoms in total. The number of hydrogen-bond acceptors (Lipinski definition) is 2. The highest BCUT2D eigenvalue weighted by atomic mass is 79.9. The Labute approximate surface area is 135 Å². The summed E-state index contributed by atoms with van der Waals surface area (Å²) in [6.45, 7) is 7.12. The van der Waals surface area contributed by atoms with Gasteiger partial charge in [0.25, 0.3) is 0 Å². The second-order valence-corrected chi connectivity index (χ2v) is 6.92. The van der Waals surface area contributed by atoms with Crippen molar-refractivity contribution in [1.82, 2.24) is 10.2 Å². The van der Waals surface area contributed by atoms with Gasteiger partial charge in [0.15, 0.2) is 0 Å². The molecule has 0 aromatic heterocycles. The van der Waals surface area contributed by atoms with Crippen molar-refractivity contribution in [2.45, 2.75) is 32.7 Å². The number of amides is 2. The largest absolute Gasteiger partial charge is 0.324 e. The molecule has 1 aliphatic heterocycles. The maximum atomic E-state index is 12.2. The lowest BCUT2D eigenvalue weighted by molar-refractivity contribution is 0.188. The summed E-state index contributed by atoms with van der Waals surface area (Å²) >= 11 is 3.39. The summed E-state index contributed by atoms with van der Waals surface area (Å²) in [5, 5.41) is 6.52. The lowest BCUT2D eigenvalue weighted by Gasteiger charge is -2.32. The summed E-state index contributed by atoms with van der Waals surface area (Å²) in [6, 6.07) is 8.21. The van der Waals surface area contributed by atoms with Gasteiger partial charge in [-0.15, -0.1) is 0 Å². The standard InChI is InChI=1S/C16H24BrN3O/c1-12(2)11-18-14-7-9-20(10-8-14)16(21)19-15-5-3-13(17)4-6-15/h3-6,12,14,18H,7-11H2,1-2H3,(H,19,21). The SMILES string of the molecule is CC(C)CNC1CCN(C(=O)Nc2ccc(Br)cc2)CC1. The zero-order valence-corrected chi connectivity index (χ0v) is 14.3. The molecule has 0 bridgehead atoms. The smallest absolute Gasteiger partial charge is 0.321 e. The number of hydrogen-bond donors (Lipinski definition) is 2. The molecule has 2 N–H and O–H groups in total. The van der Waals surface area contributed by atoms with E-state index in [1.165, 1.54) is 0 Å². The number of nitrogens with one attached hydrogen (secondary N) is 2. The minimum absolute atomic E-state index is 0.000341. The quantitative estimate of drug-likeness (QED) is 0.866. The molecule has 0 radical (unpaired) electrons. The van der Waals surface area contributed by atoms with Crippen LogP contribution in [0.15, 0.2) is 28.7 Å². The van der Waals surface area contributed by atoms with Gasteiger partial charge in [-0.1, -0.05) is 29.8 Å². The molecular formula is C16H24BrN3O. The van der Waals surface area contributed by atoms with Crippen LogP contribution in [0.2, 0.25) is 0 Å². The molecule has 1 aromatic rings. The fourth-order valence-corrected chi connectivity index (χ4v) is 2.69. The number of rotatable bonds is 4. The van der Waals surface area contributed by atoms with Gasteiger partial charge < -0.3 is 15.5 Å². The molecule has 1 saturated heterocycles. The van der Waals surface area contributed by atoms with Gasteiger partial charge in [0, 0.05) is 29.3 Å². The third-order valence-corrected chi connectivity index (χ3v) is 4.22. The minimum atomic E-state index is -0.000341. The van der Waals surface area contributed by atoms with E-state index in [1.807, 2.05) is 29.2 Å². The summed E-state index contributed by atoms with van der Waals surface area (Å²) in [4.78, 5) is 14.1. The van der Waals surface area contributed by atoms with Gasteiger partial charge in [0.2, 0.25) is 0 Å². The Morgan fingerprint density at radius 3 is 2.48 bits per heavy atom. The van der Waals surface area contributed by atoms with Crippen LogP contribution in [0.25, 0.3) is 0 Å². The van der Waals surface area contributed by atoms with Crippen LogP contribution in [-0.4, -0.2) is 36.6 Å². The zero-order valence-electron chi connectivity index (χ0n) is 12.7. The van der Waals surface area contributed by atoms with E-state index in [9.17, 15) is 4.79 Å². The van der Waals surface area contributed by atoms with E-state index in [4.69, 9.17) is 0 Å². The molecule has 1 heterocycles. The predicted molar refractivity (Wildman–Crippen MR) is 90.6 cm³/mol. The molecule has 0 aliphatic carbocycles. The number of carbonyl (C=O) groups is 1. The lowest BCUT2D eigenvalue weighted by Crippen LogP contribution is -2.46. The normalized spacial score (nSPS) is 16.3. The highest BCUT2D eigenvalue weighted by Gasteiger charge is 2.22.